The third kappa shape index (κ3) is 1.73. The predicted molar refractivity (Wildman–Crippen MR) is 54.7 cm³/mol. The Kier molecular flexibility index (Phi) is 2.86. The summed E-state index contributed by atoms with van der Waals surface area (Å²) in [6.07, 6.45) is 5.22. The van der Waals surface area contributed by atoms with Crippen molar-refractivity contribution < 1.29 is 0 Å². The van der Waals surface area contributed by atoms with E-state index in [1.54, 1.807) is 0 Å². The molecule has 3 N–H and O–H groups in total. The third-order valence-electron chi connectivity index (χ3n) is 3.69. The van der Waals surface area contributed by atoms with Crippen molar-refractivity contribution in [2.75, 3.05) is 32.7 Å². The molecule has 2 aliphatic heterocycles. The molecule has 3 nitrogen and oxygen atoms in total. The Morgan fingerprint density at radius 1 is 1.15 bits per heavy atom. The van der Waals surface area contributed by atoms with Crippen LogP contribution in [0.15, 0.2) is 0 Å². The normalized spacial score (nSPS) is 29.3. The number of rotatable bonds is 2. The maximum atomic E-state index is 5.95. The number of nitrogens with one attached hydrogen (secondary N) is 1. The maximum Gasteiger partial charge on any atom is 0.0355 e. The molecule has 0 radical (unpaired) electrons. The van der Waals surface area contributed by atoms with E-state index in [9.17, 15) is 0 Å². The van der Waals surface area contributed by atoms with Crippen molar-refractivity contribution in [2.45, 2.75) is 31.2 Å². The van der Waals surface area contributed by atoms with E-state index in [-0.39, 0.29) is 0 Å². The van der Waals surface area contributed by atoms with Gasteiger partial charge in [-0.1, -0.05) is 0 Å². The Morgan fingerprint density at radius 3 is 2.31 bits per heavy atom. The fourth-order valence-electron chi connectivity index (χ4n) is 2.73. The molecule has 0 atom stereocenters. The zero-order chi connectivity index (χ0) is 9.15. The summed E-state index contributed by atoms with van der Waals surface area (Å²) in [6, 6.07) is 0. The van der Waals surface area contributed by atoms with Crippen molar-refractivity contribution in [1.82, 2.24) is 10.2 Å². The molecule has 0 aliphatic carbocycles. The molecule has 2 saturated heterocycles. The number of likely N-dealkylation sites (tertiary alicyclic amines) is 1. The van der Waals surface area contributed by atoms with Gasteiger partial charge in [-0.2, -0.15) is 0 Å². The summed E-state index contributed by atoms with van der Waals surface area (Å²) in [7, 11) is 0. The van der Waals surface area contributed by atoms with Crippen molar-refractivity contribution in [2.24, 2.45) is 5.73 Å². The van der Waals surface area contributed by atoms with Crippen molar-refractivity contribution in [3.05, 3.63) is 0 Å². The highest BCUT2D eigenvalue weighted by Crippen LogP contribution is 2.28. The van der Waals surface area contributed by atoms with Crippen LogP contribution in [-0.4, -0.2) is 43.2 Å². The quantitative estimate of drug-likeness (QED) is 0.641. The second kappa shape index (κ2) is 3.95. The summed E-state index contributed by atoms with van der Waals surface area (Å²) in [5.41, 5.74) is 6.30. The van der Waals surface area contributed by atoms with Crippen LogP contribution in [0.4, 0.5) is 0 Å². The zero-order valence-corrected chi connectivity index (χ0v) is 8.39. The van der Waals surface area contributed by atoms with Gasteiger partial charge in [-0.3, -0.25) is 4.90 Å². The molecule has 3 heteroatoms. The largest absolute Gasteiger partial charge is 0.329 e. The first-order valence-corrected chi connectivity index (χ1v) is 5.53. The molecular weight excluding hydrogens is 162 g/mol. The lowest BCUT2D eigenvalue weighted by atomic mass is 9.87. The van der Waals surface area contributed by atoms with Crippen LogP contribution in [0.2, 0.25) is 0 Å². The lowest BCUT2D eigenvalue weighted by Gasteiger charge is -2.44. The lowest BCUT2D eigenvalue weighted by Crippen LogP contribution is -2.57. The predicted octanol–water partition coefficient (Wildman–Crippen LogP) is 0.163. The highest BCUT2D eigenvalue weighted by molar-refractivity contribution is 4.96. The molecule has 2 fully saturated rings. The number of nitrogens with two attached hydrogens (primary N) is 1. The molecule has 2 rings (SSSR count). The van der Waals surface area contributed by atoms with Gasteiger partial charge < -0.3 is 11.1 Å². The van der Waals surface area contributed by atoms with Gasteiger partial charge in [-0.25, -0.2) is 0 Å². The van der Waals surface area contributed by atoms with Gasteiger partial charge in [0.2, 0.25) is 0 Å². The van der Waals surface area contributed by atoms with Crippen LogP contribution >= 0.6 is 0 Å². The number of hydrogen-bond acceptors (Lipinski definition) is 3. The number of hydrogen-bond donors (Lipinski definition) is 2. The van der Waals surface area contributed by atoms with E-state index in [2.05, 4.69) is 10.2 Å². The zero-order valence-electron chi connectivity index (χ0n) is 8.39. The smallest absolute Gasteiger partial charge is 0.0355 e. The molecule has 2 aliphatic rings. The Balaban J connectivity index is 2.03. The molecule has 0 bridgehead atoms. The average molecular weight is 183 g/mol. The summed E-state index contributed by atoms with van der Waals surface area (Å²) >= 11 is 0. The van der Waals surface area contributed by atoms with Crippen LogP contribution in [0, 0.1) is 0 Å². The lowest BCUT2D eigenvalue weighted by molar-refractivity contribution is 0.0879. The van der Waals surface area contributed by atoms with E-state index < -0.39 is 0 Å². The van der Waals surface area contributed by atoms with Gasteiger partial charge in [0.05, 0.1) is 0 Å². The Morgan fingerprint density at radius 2 is 1.77 bits per heavy atom. The number of piperidine rings is 1. The summed E-state index contributed by atoms with van der Waals surface area (Å²) in [5.74, 6) is 0. The SMILES string of the molecule is NCC1(N2CCCC2)CCNCC1. The first-order valence-electron chi connectivity index (χ1n) is 5.53. The van der Waals surface area contributed by atoms with Crippen molar-refractivity contribution in [1.29, 1.82) is 0 Å². The Bertz CT molecular complexity index is 158. The van der Waals surface area contributed by atoms with Gasteiger partial charge in [-0.15, -0.1) is 0 Å². The maximum absolute atomic E-state index is 5.95. The van der Waals surface area contributed by atoms with E-state index in [1.807, 2.05) is 0 Å². The van der Waals surface area contributed by atoms with Crippen LogP contribution in [0.5, 0.6) is 0 Å². The first kappa shape index (κ1) is 9.44. The fourth-order valence-corrected chi connectivity index (χ4v) is 2.73. The highest BCUT2D eigenvalue weighted by atomic mass is 15.2. The van der Waals surface area contributed by atoms with E-state index in [0.717, 1.165) is 19.6 Å². The van der Waals surface area contributed by atoms with Gasteiger partial charge in [-0.05, 0) is 51.9 Å². The number of nitrogens with zero attached hydrogens (tertiary/aromatic N) is 1. The van der Waals surface area contributed by atoms with Crippen molar-refractivity contribution >= 4 is 0 Å². The Hall–Kier alpha value is -0.120. The van der Waals surface area contributed by atoms with Crippen molar-refractivity contribution in [3.8, 4) is 0 Å². The van der Waals surface area contributed by atoms with Gasteiger partial charge in [0.1, 0.15) is 0 Å². The molecule has 2 heterocycles. The third-order valence-corrected chi connectivity index (χ3v) is 3.69. The molecular formula is C10H21N3. The second-order valence-electron chi connectivity index (χ2n) is 4.37. The van der Waals surface area contributed by atoms with Gasteiger partial charge in [0.15, 0.2) is 0 Å². The molecule has 76 valence electrons. The standard InChI is InChI=1S/C10H21N3/c11-9-10(3-5-12-6-4-10)13-7-1-2-8-13/h12H,1-9,11H2. The molecule has 0 unspecified atom stereocenters. The van der Waals surface area contributed by atoms with Crippen LogP contribution in [0.1, 0.15) is 25.7 Å². The summed E-state index contributed by atoms with van der Waals surface area (Å²) in [5, 5.41) is 3.42. The average Bonchev–Trinajstić information content (AvgIpc) is 2.72. The van der Waals surface area contributed by atoms with Gasteiger partial charge in [0, 0.05) is 12.1 Å². The van der Waals surface area contributed by atoms with Gasteiger partial charge in [0.25, 0.3) is 0 Å². The first-order chi connectivity index (χ1) is 6.37. The second-order valence-corrected chi connectivity index (χ2v) is 4.37. The van der Waals surface area contributed by atoms with Crippen LogP contribution in [-0.2, 0) is 0 Å². The Labute approximate surface area is 80.7 Å². The van der Waals surface area contributed by atoms with Gasteiger partial charge >= 0.3 is 0 Å². The topological polar surface area (TPSA) is 41.3 Å². The molecule has 13 heavy (non-hydrogen) atoms. The summed E-state index contributed by atoms with van der Waals surface area (Å²) < 4.78 is 0. The van der Waals surface area contributed by atoms with Crippen LogP contribution < -0.4 is 11.1 Å². The fraction of sp³-hybridized carbons (Fsp3) is 1.00. The monoisotopic (exact) mass is 183 g/mol. The van der Waals surface area contributed by atoms with Crippen molar-refractivity contribution in [3.63, 3.8) is 0 Å². The minimum Gasteiger partial charge on any atom is -0.329 e. The molecule has 0 spiro atoms. The van der Waals surface area contributed by atoms with E-state index in [1.165, 1.54) is 38.8 Å². The van der Waals surface area contributed by atoms with E-state index in [0.29, 0.717) is 5.54 Å². The van der Waals surface area contributed by atoms with E-state index in [4.69, 9.17) is 5.73 Å². The highest BCUT2D eigenvalue weighted by Gasteiger charge is 2.37. The molecule has 0 aromatic carbocycles. The summed E-state index contributed by atoms with van der Waals surface area (Å²) in [6.45, 7) is 5.68. The molecule has 0 saturated carbocycles. The van der Waals surface area contributed by atoms with Crippen LogP contribution in [0.3, 0.4) is 0 Å². The molecule has 0 amide bonds. The molecule has 0 aromatic heterocycles. The molecule has 0 aromatic rings. The minimum atomic E-state index is 0.349. The summed E-state index contributed by atoms with van der Waals surface area (Å²) in [4.78, 5) is 2.63. The van der Waals surface area contributed by atoms with E-state index >= 15 is 0 Å². The van der Waals surface area contributed by atoms with Crippen LogP contribution in [0.25, 0.3) is 0 Å². The minimum absolute atomic E-state index is 0.349.